The van der Waals surface area contributed by atoms with Crippen LogP contribution in [0.4, 0.5) is 10.5 Å². The highest BCUT2D eigenvalue weighted by Gasteiger charge is 2.13. The molecule has 2 N–H and O–H groups in total. The van der Waals surface area contributed by atoms with Gasteiger partial charge in [0, 0.05) is 12.2 Å². The maximum Gasteiger partial charge on any atom is 0.325 e. The molecule has 0 radical (unpaired) electrons. The van der Waals surface area contributed by atoms with Crippen molar-refractivity contribution in [2.45, 2.75) is 6.54 Å². The Hall–Kier alpha value is -2.28. The number of amides is 3. The van der Waals surface area contributed by atoms with Gasteiger partial charge in [-0.2, -0.15) is 0 Å². The second-order valence-electron chi connectivity index (χ2n) is 5.62. The van der Waals surface area contributed by atoms with Crippen LogP contribution in [0.25, 0.3) is 0 Å². The van der Waals surface area contributed by atoms with E-state index in [4.69, 9.17) is 27.9 Å². The number of benzene rings is 2. The van der Waals surface area contributed by atoms with Crippen molar-refractivity contribution in [2.24, 2.45) is 0 Å². The maximum atomic E-state index is 12.0. The van der Waals surface area contributed by atoms with Crippen LogP contribution in [0.1, 0.15) is 5.56 Å². The molecule has 0 aliphatic heterocycles. The van der Waals surface area contributed by atoms with Gasteiger partial charge in [-0.25, -0.2) is 4.79 Å². The third-order valence-electron chi connectivity index (χ3n) is 3.49. The lowest BCUT2D eigenvalue weighted by atomic mass is 10.2. The number of halogens is 2. The number of nitrogens with zero attached hydrogens (tertiary/aromatic N) is 1. The predicted molar refractivity (Wildman–Crippen MR) is 103 cm³/mol. The van der Waals surface area contributed by atoms with Crippen LogP contribution < -0.4 is 15.4 Å². The second kappa shape index (κ2) is 9.43. The number of urea groups is 1. The van der Waals surface area contributed by atoms with Gasteiger partial charge in [-0.1, -0.05) is 35.3 Å². The van der Waals surface area contributed by atoms with Gasteiger partial charge in [0.15, 0.2) is 0 Å². The monoisotopic (exact) mass is 395 g/mol. The number of carbonyl (C=O) groups excluding carboxylic acids is 2. The number of imide groups is 1. The smallest absolute Gasteiger partial charge is 0.325 e. The van der Waals surface area contributed by atoms with Crippen LogP contribution in [-0.4, -0.2) is 37.5 Å². The largest absolute Gasteiger partial charge is 0.497 e. The summed E-state index contributed by atoms with van der Waals surface area (Å²) in [7, 11) is 3.30. The summed E-state index contributed by atoms with van der Waals surface area (Å²) >= 11 is 12.1. The van der Waals surface area contributed by atoms with Crippen LogP contribution in [-0.2, 0) is 11.3 Å². The standard InChI is InChI=1S/C18H19Cl2N3O3/c1-23(10-12-4-3-5-15(19)17(12)20)11-16(24)22-18(25)21-13-6-8-14(26-2)9-7-13/h3-9H,10-11H2,1-2H3,(H2,21,22,24,25). The molecule has 0 spiro atoms. The van der Waals surface area contributed by atoms with E-state index in [1.165, 1.54) is 0 Å². The minimum absolute atomic E-state index is 0.0267. The van der Waals surface area contributed by atoms with Crippen molar-refractivity contribution in [1.29, 1.82) is 0 Å². The minimum atomic E-state index is -0.602. The minimum Gasteiger partial charge on any atom is -0.497 e. The lowest BCUT2D eigenvalue weighted by Gasteiger charge is -2.17. The van der Waals surface area contributed by atoms with Crippen molar-refractivity contribution in [1.82, 2.24) is 10.2 Å². The molecule has 0 aromatic heterocycles. The summed E-state index contributed by atoms with van der Waals surface area (Å²) < 4.78 is 5.04. The number of nitrogens with one attached hydrogen (secondary N) is 2. The van der Waals surface area contributed by atoms with E-state index in [1.807, 2.05) is 6.07 Å². The highest BCUT2D eigenvalue weighted by Crippen LogP contribution is 2.26. The van der Waals surface area contributed by atoms with E-state index >= 15 is 0 Å². The molecule has 2 aromatic rings. The van der Waals surface area contributed by atoms with Gasteiger partial charge in [0.1, 0.15) is 5.75 Å². The van der Waals surface area contributed by atoms with Gasteiger partial charge >= 0.3 is 6.03 Å². The Bertz CT molecular complexity index is 782. The second-order valence-corrected chi connectivity index (χ2v) is 6.40. The van der Waals surface area contributed by atoms with E-state index < -0.39 is 11.9 Å². The molecule has 0 unspecified atom stereocenters. The normalized spacial score (nSPS) is 10.5. The summed E-state index contributed by atoms with van der Waals surface area (Å²) in [5, 5.41) is 5.78. The van der Waals surface area contributed by atoms with Crippen LogP contribution in [0.15, 0.2) is 42.5 Å². The zero-order valence-corrected chi connectivity index (χ0v) is 15.9. The zero-order valence-electron chi connectivity index (χ0n) is 14.4. The number of ether oxygens (including phenoxy) is 1. The predicted octanol–water partition coefficient (Wildman–Crippen LogP) is 3.78. The number of likely N-dealkylation sites (N-methyl/N-ethyl adjacent to an activating group) is 1. The number of hydrogen-bond acceptors (Lipinski definition) is 4. The molecule has 2 aromatic carbocycles. The van der Waals surface area contributed by atoms with Gasteiger partial charge in [0.05, 0.1) is 23.7 Å². The Labute approximate surface area is 162 Å². The molecule has 26 heavy (non-hydrogen) atoms. The summed E-state index contributed by atoms with van der Waals surface area (Å²) in [5.74, 6) is 0.241. The number of hydrogen-bond donors (Lipinski definition) is 2. The average molecular weight is 396 g/mol. The fraction of sp³-hybridized carbons (Fsp3) is 0.222. The lowest BCUT2D eigenvalue weighted by molar-refractivity contribution is -0.120. The van der Waals surface area contributed by atoms with E-state index in [0.29, 0.717) is 28.0 Å². The number of anilines is 1. The first-order chi connectivity index (χ1) is 12.4. The Balaban J connectivity index is 1.83. The fourth-order valence-electron chi connectivity index (χ4n) is 2.27. The molecule has 2 rings (SSSR count). The van der Waals surface area contributed by atoms with E-state index in [1.54, 1.807) is 55.5 Å². The first-order valence-corrected chi connectivity index (χ1v) is 8.51. The number of carbonyl (C=O) groups is 2. The molecule has 0 bridgehead atoms. The quantitative estimate of drug-likeness (QED) is 0.780. The number of rotatable bonds is 6. The molecule has 0 aliphatic rings. The summed E-state index contributed by atoms with van der Waals surface area (Å²) in [6, 6.07) is 11.5. The van der Waals surface area contributed by atoms with Crippen LogP contribution in [0, 0.1) is 0 Å². The molecule has 138 valence electrons. The molecule has 0 aliphatic carbocycles. The van der Waals surface area contributed by atoms with Crippen molar-refractivity contribution in [3.05, 3.63) is 58.1 Å². The first kappa shape index (κ1) is 20.0. The van der Waals surface area contributed by atoms with E-state index in [0.717, 1.165) is 5.56 Å². The van der Waals surface area contributed by atoms with E-state index in [2.05, 4.69) is 10.6 Å². The van der Waals surface area contributed by atoms with Crippen LogP contribution in [0.3, 0.4) is 0 Å². The third-order valence-corrected chi connectivity index (χ3v) is 4.34. The molecular weight excluding hydrogens is 377 g/mol. The van der Waals surface area contributed by atoms with Gasteiger partial charge in [-0.05, 0) is 42.9 Å². The van der Waals surface area contributed by atoms with Crippen molar-refractivity contribution in [3.8, 4) is 5.75 Å². The van der Waals surface area contributed by atoms with E-state index in [-0.39, 0.29) is 6.54 Å². The molecule has 6 nitrogen and oxygen atoms in total. The molecule has 0 atom stereocenters. The third kappa shape index (κ3) is 5.91. The summed E-state index contributed by atoms with van der Waals surface area (Å²) in [6.45, 7) is 0.450. The van der Waals surface area contributed by atoms with Crippen molar-refractivity contribution in [3.63, 3.8) is 0 Å². The van der Waals surface area contributed by atoms with Crippen molar-refractivity contribution >= 4 is 40.8 Å². The average Bonchev–Trinajstić information content (AvgIpc) is 2.59. The van der Waals surface area contributed by atoms with Gasteiger partial charge in [0.25, 0.3) is 0 Å². The summed E-state index contributed by atoms with van der Waals surface area (Å²) in [5.41, 5.74) is 1.35. The molecule has 0 heterocycles. The molecular formula is C18H19Cl2N3O3. The van der Waals surface area contributed by atoms with Crippen molar-refractivity contribution < 1.29 is 14.3 Å². The lowest BCUT2D eigenvalue weighted by Crippen LogP contribution is -2.40. The molecule has 0 saturated heterocycles. The van der Waals surface area contributed by atoms with Crippen LogP contribution in [0.5, 0.6) is 5.75 Å². The first-order valence-electron chi connectivity index (χ1n) is 7.75. The van der Waals surface area contributed by atoms with Crippen LogP contribution in [0.2, 0.25) is 10.0 Å². The molecule has 0 saturated carbocycles. The summed E-state index contributed by atoms with van der Waals surface area (Å²) in [4.78, 5) is 25.6. The SMILES string of the molecule is COc1ccc(NC(=O)NC(=O)CN(C)Cc2cccc(Cl)c2Cl)cc1. The summed E-state index contributed by atoms with van der Waals surface area (Å²) in [6.07, 6.45) is 0. The highest BCUT2D eigenvalue weighted by atomic mass is 35.5. The number of methoxy groups -OCH3 is 1. The van der Waals surface area contributed by atoms with Crippen LogP contribution >= 0.6 is 23.2 Å². The van der Waals surface area contributed by atoms with Gasteiger partial charge in [-0.3, -0.25) is 15.0 Å². The Morgan fingerprint density at radius 1 is 1.12 bits per heavy atom. The topological polar surface area (TPSA) is 70.7 Å². The maximum absolute atomic E-state index is 12.0. The molecule has 0 fully saturated rings. The van der Waals surface area contributed by atoms with Gasteiger partial charge < -0.3 is 10.1 Å². The van der Waals surface area contributed by atoms with E-state index in [9.17, 15) is 9.59 Å². The highest BCUT2D eigenvalue weighted by molar-refractivity contribution is 6.42. The fourth-order valence-corrected chi connectivity index (χ4v) is 2.65. The molecule has 8 heteroatoms. The molecule has 3 amide bonds. The Kier molecular flexibility index (Phi) is 7.26. The van der Waals surface area contributed by atoms with Gasteiger partial charge in [-0.15, -0.1) is 0 Å². The van der Waals surface area contributed by atoms with Gasteiger partial charge in [0.2, 0.25) is 5.91 Å². The zero-order chi connectivity index (χ0) is 19.1. The Morgan fingerprint density at radius 2 is 1.81 bits per heavy atom. The van der Waals surface area contributed by atoms with Crippen molar-refractivity contribution in [2.75, 3.05) is 26.0 Å². The Morgan fingerprint density at radius 3 is 2.46 bits per heavy atom.